The van der Waals surface area contributed by atoms with Gasteiger partial charge in [0.05, 0.1) is 6.54 Å². The SMILES string of the molecule is CC(NC1=NCCN1)C(=O)NC1CC1. The molecule has 1 fully saturated rings. The van der Waals surface area contributed by atoms with Gasteiger partial charge in [-0.15, -0.1) is 0 Å². The van der Waals surface area contributed by atoms with Crippen LogP contribution in [0.4, 0.5) is 0 Å². The molecule has 0 spiro atoms. The molecule has 2 aliphatic rings. The Hall–Kier alpha value is -1.26. The average molecular weight is 196 g/mol. The van der Waals surface area contributed by atoms with Crippen molar-refractivity contribution in [2.75, 3.05) is 13.1 Å². The lowest BCUT2D eigenvalue weighted by Crippen LogP contribution is -2.48. The first kappa shape index (κ1) is 9.30. The third-order valence-electron chi connectivity index (χ3n) is 2.34. The van der Waals surface area contributed by atoms with Gasteiger partial charge in [0.25, 0.3) is 0 Å². The van der Waals surface area contributed by atoms with Crippen molar-refractivity contribution >= 4 is 11.9 Å². The third kappa shape index (κ3) is 2.37. The molecule has 1 heterocycles. The van der Waals surface area contributed by atoms with E-state index in [4.69, 9.17) is 0 Å². The first-order chi connectivity index (χ1) is 6.75. The Balaban J connectivity index is 1.75. The quantitative estimate of drug-likeness (QED) is 0.554. The predicted octanol–water partition coefficient (Wildman–Crippen LogP) is -0.798. The van der Waals surface area contributed by atoms with Crippen molar-refractivity contribution in [2.45, 2.75) is 31.8 Å². The number of aliphatic imine (C=N–C) groups is 1. The van der Waals surface area contributed by atoms with Crippen molar-refractivity contribution < 1.29 is 4.79 Å². The summed E-state index contributed by atoms with van der Waals surface area (Å²) in [4.78, 5) is 15.7. The van der Waals surface area contributed by atoms with Crippen molar-refractivity contribution in [3.63, 3.8) is 0 Å². The molecule has 14 heavy (non-hydrogen) atoms. The van der Waals surface area contributed by atoms with Crippen LogP contribution in [0.3, 0.4) is 0 Å². The van der Waals surface area contributed by atoms with Crippen LogP contribution in [0.2, 0.25) is 0 Å². The molecule has 1 saturated carbocycles. The van der Waals surface area contributed by atoms with Crippen molar-refractivity contribution in [1.82, 2.24) is 16.0 Å². The summed E-state index contributed by atoms with van der Waals surface area (Å²) in [6, 6.07) is 0.213. The fourth-order valence-corrected chi connectivity index (χ4v) is 1.32. The molecule has 5 nitrogen and oxygen atoms in total. The van der Waals surface area contributed by atoms with Gasteiger partial charge in [0.1, 0.15) is 6.04 Å². The van der Waals surface area contributed by atoms with E-state index in [9.17, 15) is 4.79 Å². The lowest BCUT2D eigenvalue weighted by Gasteiger charge is -2.14. The van der Waals surface area contributed by atoms with Gasteiger partial charge < -0.3 is 16.0 Å². The zero-order valence-corrected chi connectivity index (χ0v) is 8.34. The van der Waals surface area contributed by atoms with Gasteiger partial charge in [-0.05, 0) is 19.8 Å². The molecule has 0 saturated heterocycles. The number of nitrogens with zero attached hydrogens (tertiary/aromatic N) is 1. The number of nitrogens with one attached hydrogen (secondary N) is 3. The standard InChI is InChI=1S/C9H16N4O/c1-6(8(14)13-7-2-3-7)12-9-10-4-5-11-9/h6-7H,2-5H2,1H3,(H,13,14)(H2,10,11,12). The number of carbonyl (C=O) groups is 1. The highest BCUT2D eigenvalue weighted by Gasteiger charge is 2.26. The maximum Gasteiger partial charge on any atom is 0.242 e. The molecule has 1 aliphatic carbocycles. The number of rotatable bonds is 3. The van der Waals surface area contributed by atoms with E-state index in [2.05, 4.69) is 20.9 Å². The fourth-order valence-electron chi connectivity index (χ4n) is 1.32. The molecule has 0 aromatic rings. The van der Waals surface area contributed by atoms with Gasteiger partial charge in [-0.25, -0.2) is 0 Å². The predicted molar refractivity (Wildman–Crippen MR) is 54.1 cm³/mol. The van der Waals surface area contributed by atoms with E-state index in [-0.39, 0.29) is 11.9 Å². The molecule has 2 rings (SSSR count). The van der Waals surface area contributed by atoms with Crippen molar-refractivity contribution in [1.29, 1.82) is 0 Å². The van der Waals surface area contributed by atoms with Crippen LogP contribution in [0.5, 0.6) is 0 Å². The molecule has 0 radical (unpaired) electrons. The number of guanidine groups is 1. The summed E-state index contributed by atoms with van der Waals surface area (Å²) < 4.78 is 0. The normalized spacial score (nSPS) is 22.2. The van der Waals surface area contributed by atoms with Crippen LogP contribution in [-0.4, -0.2) is 37.0 Å². The van der Waals surface area contributed by atoms with Crippen LogP contribution < -0.4 is 16.0 Å². The molecule has 1 unspecified atom stereocenters. The summed E-state index contributed by atoms with van der Waals surface area (Å²) in [5.41, 5.74) is 0. The Kier molecular flexibility index (Phi) is 2.56. The lowest BCUT2D eigenvalue weighted by atomic mass is 10.3. The second-order valence-electron chi connectivity index (χ2n) is 3.81. The van der Waals surface area contributed by atoms with Gasteiger partial charge in [-0.3, -0.25) is 9.79 Å². The molecule has 78 valence electrons. The number of hydrogen-bond acceptors (Lipinski definition) is 4. The summed E-state index contributed by atoms with van der Waals surface area (Å²) in [5, 5.41) is 9.05. The minimum Gasteiger partial charge on any atom is -0.355 e. The number of hydrogen-bond donors (Lipinski definition) is 3. The molecule has 0 aromatic heterocycles. The topological polar surface area (TPSA) is 65.5 Å². The van der Waals surface area contributed by atoms with E-state index in [0.717, 1.165) is 31.9 Å². The van der Waals surface area contributed by atoms with Crippen molar-refractivity contribution in [2.24, 2.45) is 4.99 Å². The van der Waals surface area contributed by atoms with Crippen LogP contribution in [0.1, 0.15) is 19.8 Å². The number of carbonyl (C=O) groups excluding carboxylic acids is 1. The average Bonchev–Trinajstić information content (AvgIpc) is 2.81. The molecule has 1 atom stereocenters. The molecule has 3 N–H and O–H groups in total. The maximum atomic E-state index is 11.5. The summed E-state index contributed by atoms with van der Waals surface area (Å²) in [6.45, 7) is 3.50. The number of amides is 1. The minimum atomic E-state index is -0.208. The third-order valence-corrected chi connectivity index (χ3v) is 2.34. The summed E-state index contributed by atoms with van der Waals surface area (Å²) in [6.07, 6.45) is 2.25. The van der Waals surface area contributed by atoms with Crippen molar-refractivity contribution in [3.05, 3.63) is 0 Å². The highest BCUT2D eigenvalue weighted by molar-refractivity contribution is 5.89. The van der Waals surface area contributed by atoms with Gasteiger partial charge in [0.15, 0.2) is 5.96 Å². The molecule has 0 aromatic carbocycles. The molecule has 0 bridgehead atoms. The van der Waals surface area contributed by atoms with Crippen LogP contribution in [0.15, 0.2) is 4.99 Å². The Morgan fingerprint density at radius 3 is 3.00 bits per heavy atom. The van der Waals surface area contributed by atoms with E-state index in [1.165, 1.54) is 0 Å². The van der Waals surface area contributed by atoms with Gasteiger partial charge in [0.2, 0.25) is 5.91 Å². The highest BCUT2D eigenvalue weighted by Crippen LogP contribution is 2.18. The van der Waals surface area contributed by atoms with E-state index in [0.29, 0.717) is 6.04 Å². The first-order valence-corrected chi connectivity index (χ1v) is 5.11. The summed E-state index contributed by atoms with van der Waals surface area (Å²) in [7, 11) is 0. The van der Waals surface area contributed by atoms with Crippen LogP contribution in [0.25, 0.3) is 0 Å². The lowest BCUT2D eigenvalue weighted by molar-refractivity contribution is -0.122. The van der Waals surface area contributed by atoms with E-state index < -0.39 is 0 Å². The van der Waals surface area contributed by atoms with E-state index in [1.54, 1.807) is 0 Å². The van der Waals surface area contributed by atoms with Gasteiger partial charge in [0, 0.05) is 12.6 Å². The molecular formula is C9H16N4O. The van der Waals surface area contributed by atoms with Crippen LogP contribution >= 0.6 is 0 Å². The van der Waals surface area contributed by atoms with Gasteiger partial charge in [-0.2, -0.15) is 0 Å². The zero-order valence-electron chi connectivity index (χ0n) is 8.34. The largest absolute Gasteiger partial charge is 0.355 e. The van der Waals surface area contributed by atoms with E-state index in [1.807, 2.05) is 6.92 Å². The fraction of sp³-hybridized carbons (Fsp3) is 0.778. The Bertz CT molecular complexity index is 260. The van der Waals surface area contributed by atoms with Gasteiger partial charge >= 0.3 is 0 Å². The molecular weight excluding hydrogens is 180 g/mol. The molecule has 1 aliphatic heterocycles. The van der Waals surface area contributed by atoms with Crippen LogP contribution in [0, 0.1) is 0 Å². The Labute approximate surface area is 83.4 Å². The summed E-state index contributed by atoms with van der Waals surface area (Å²) in [5.74, 6) is 0.798. The molecule has 1 amide bonds. The first-order valence-electron chi connectivity index (χ1n) is 5.11. The maximum absolute atomic E-state index is 11.5. The Morgan fingerprint density at radius 2 is 2.43 bits per heavy atom. The smallest absolute Gasteiger partial charge is 0.242 e. The van der Waals surface area contributed by atoms with Crippen LogP contribution in [-0.2, 0) is 4.79 Å². The molecule has 5 heteroatoms. The van der Waals surface area contributed by atoms with E-state index >= 15 is 0 Å². The Morgan fingerprint density at radius 1 is 1.64 bits per heavy atom. The summed E-state index contributed by atoms with van der Waals surface area (Å²) >= 11 is 0. The second-order valence-corrected chi connectivity index (χ2v) is 3.81. The minimum absolute atomic E-state index is 0.0592. The van der Waals surface area contributed by atoms with Crippen molar-refractivity contribution in [3.8, 4) is 0 Å². The highest BCUT2D eigenvalue weighted by atomic mass is 16.2. The van der Waals surface area contributed by atoms with Gasteiger partial charge in [-0.1, -0.05) is 0 Å². The monoisotopic (exact) mass is 196 g/mol. The second kappa shape index (κ2) is 3.86. The zero-order chi connectivity index (χ0) is 9.97.